The van der Waals surface area contributed by atoms with E-state index >= 15 is 0 Å². The number of rotatable bonds is 7. The number of pyridine rings is 1. The number of amides is 1. The largest absolute Gasteiger partial charge is 0.481 e. The number of nitrogens with one attached hydrogen (secondary N) is 1. The molecule has 6 nitrogen and oxygen atoms in total. The van der Waals surface area contributed by atoms with Crippen molar-refractivity contribution in [2.45, 2.75) is 26.0 Å². The van der Waals surface area contributed by atoms with Crippen LogP contribution in [0.2, 0.25) is 0 Å². The first-order valence-corrected chi connectivity index (χ1v) is 8.13. The van der Waals surface area contributed by atoms with Gasteiger partial charge in [0, 0.05) is 18.4 Å². The van der Waals surface area contributed by atoms with Crippen molar-refractivity contribution in [3.63, 3.8) is 0 Å². The van der Waals surface area contributed by atoms with E-state index in [4.69, 9.17) is 9.15 Å². The van der Waals surface area contributed by atoms with Gasteiger partial charge in [-0.15, -0.1) is 0 Å². The Morgan fingerprint density at radius 1 is 1.31 bits per heavy atom. The average Bonchev–Trinajstić information content (AvgIpc) is 3.11. The van der Waals surface area contributed by atoms with Crippen molar-refractivity contribution < 1.29 is 18.3 Å². The molecule has 26 heavy (non-hydrogen) atoms. The van der Waals surface area contributed by atoms with Gasteiger partial charge in [-0.2, -0.15) is 0 Å². The van der Waals surface area contributed by atoms with Crippen LogP contribution in [-0.4, -0.2) is 21.9 Å². The van der Waals surface area contributed by atoms with E-state index in [0.717, 1.165) is 5.56 Å². The number of ether oxygens (including phenoxy) is 1. The van der Waals surface area contributed by atoms with Crippen LogP contribution in [0.25, 0.3) is 0 Å². The normalized spacial score (nSPS) is 11.8. The monoisotopic (exact) mass is 355 g/mol. The summed E-state index contributed by atoms with van der Waals surface area (Å²) in [5.41, 5.74) is 1.18. The fourth-order valence-electron chi connectivity index (χ4n) is 2.40. The summed E-state index contributed by atoms with van der Waals surface area (Å²) < 4.78 is 24.0. The van der Waals surface area contributed by atoms with Gasteiger partial charge in [0.1, 0.15) is 6.26 Å². The van der Waals surface area contributed by atoms with Gasteiger partial charge >= 0.3 is 0 Å². The lowest BCUT2D eigenvalue weighted by atomic mass is 10.1. The molecule has 0 aliphatic carbocycles. The minimum Gasteiger partial charge on any atom is -0.481 e. The predicted molar refractivity (Wildman–Crippen MR) is 92.1 cm³/mol. The summed E-state index contributed by atoms with van der Waals surface area (Å²) in [7, 11) is 0. The Hall–Kier alpha value is -3.22. The van der Waals surface area contributed by atoms with Crippen molar-refractivity contribution in [1.29, 1.82) is 0 Å². The van der Waals surface area contributed by atoms with Crippen molar-refractivity contribution in [3.05, 3.63) is 78.0 Å². The summed E-state index contributed by atoms with van der Waals surface area (Å²) in [5, 5.41) is 2.85. The second kappa shape index (κ2) is 8.24. The Morgan fingerprint density at radius 2 is 2.15 bits per heavy atom. The number of benzene rings is 1. The predicted octanol–water partition coefficient (Wildman–Crippen LogP) is 3.15. The lowest BCUT2D eigenvalue weighted by Gasteiger charge is -2.12. The van der Waals surface area contributed by atoms with Gasteiger partial charge < -0.3 is 14.5 Å². The number of halogens is 1. The van der Waals surface area contributed by atoms with E-state index in [9.17, 15) is 9.18 Å². The van der Waals surface area contributed by atoms with Gasteiger partial charge in [-0.05, 0) is 37.1 Å². The standard InChI is InChI=1S/C19H18FN3O3/c1-13(9-14-5-4-8-21-10-14)22-19(24)16-11-26-18(23-16)12-25-17-7-3-2-6-15(17)20/h2-8,10-11,13H,9,12H2,1H3,(H,22,24). The number of nitrogens with zero attached hydrogens (tertiary/aromatic N) is 2. The van der Waals surface area contributed by atoms with E-state index in [0.29, 0.717) is 6.42 Å². The number of para-hydroxylation sites is 1. The SMILES string of the molecule is CC(Cc1cccnc1)NC(=O)c1coc(COc2ccccc2F)n1. The van der Waals surface area contributed by atoms with E-state index in [-0.39, 0.29) is 35.9 Å². The molecule has 0 saturated heterocycles. The average molecular weight is 355 g/mol. The molecular formula is C19H18FN3O3. The molecule has 2 heterocycles. The van der Waals surface area contributed by atoms with E-state index < -0.39 is 5.82 Å². The van der Waals surface area contributed by atoms with Crippen LogP contribution in [0, 0.1) is 5.82 Å². The number of aromatic nitrogens is 2. The van der Waals surface area contributed by atoms with Gasteiger partial charge in [0.15, 0.2) is 23.9 Å². The highest BCUT2D eigenvalue weighted by Gasteiger charge is 2.15. The molecule has 0 radical (unpaired) electrons. The molecule has 3 aromatic rings. The highest BCUT2D eigenvalue weighted by atomic mass is 19.1. The van der Waals surface area contributed by atoms with Crippen LogP contribution in [0.5, 0.6) is 5.75 Å². The van der Waals surface area contributed by atoms with Crippen LogP contribution in [0.4, 0.5) is 4.39 Å². The third kappa shape index (κ3) is 4.66. The topological polar surface area (TPSA) is 77.2 Å². The third-order valence-electron chi connectivity index (χ3n) is 3.61. The summed E-state index contributed by atoms with van der Waals surface area (Å²) in [4.78, 5) is 20.4. The van der Waals surface area contributed by atoms with Crippen molar-refractivity contribution in [1.82, 2.24) is 15.3 Å². The Morgan fingerprint density at radius 3 is 2.92 bits per heavy atom. The summed E-state index contributed by atoms with van der Waals surface area (Å²) in [6.07, 6.45) is 5.37. The second-order valence-corrected chi connectivity index (χ2v) is 5.79. The van der Waals surface area contributed by atoms with Gasteiger partial charge in [0.25, 0.3) is 5.91 Å². The van der Waals surface area contributed by atoms with Crippen LogP contribution in [-0.2, 0) is 13.0 Å². The van der Waals surface area contributed by atoms with Crippen molar-refractivity contribution in [3.8, 4) is 5.75 Å². The fraction of sp³-hybridized carbons (Fsp3) is 0.211. The first-order chi connectivity index (χ1) is 12.6. The lowest BCUT2D eigenvalue weighted by molar-refractivity contribution is 0.0935. The number of hydrogen-bond donors (Lipinski definition) is 1. The molecular weight excluding hydrogens is 337 g/mol. The molecule has 1 N–H and O–H groups in total. The number of carbonyl (C=O) groups is 1. The Bertz CT molecular complexity index is 867. The van der Waals surface area contributed by atoms with Gasteiger partial charge in [0.05, 0.1) is 0 Å². The zero-order chi connectivity index (χ0) is 18.4. The van der Waals surface area contributed by atoms with Gasteiger partial charge in [-0.1, -0.05) is 18.2 Å². The van der Waals surface area contributed by atoms with Crippen molar-refractivity contribution in [2.75, 3.05) is 0 Å². The Kier molecular flexibility index (Phi) is 5.58. The van der Waals surface area contributed by atoms with E-state index in [1.807, 2.05) is 19.1 Å². The molecule has 0 aliphatic heterocycles. The van der Waals surface area contributed by atoms with Gasteiger partial charge in [-0.3, -0.25) is 9.78 Å². The molecule has 1 atom stereocenters. The minimum absolute atomic E-state index is 0.0700. The highest BCUT2D eigenvalue weighted by Crippen LogP contribution is 2.17. The first-order valence-electron chi connectivity index (χ1n) is 8.13. The summed E-state index contributed by atoms with van der Waals surface area (Å²) in [6, 6.07) is 9.74. The smallest absolute Gasteiger partial charge is 0.273 e. The quantitative estimate of drug-likeness (QED) is 0.704. The van der Waals surface area contributed by atoms with E-state index in [1.165, 1.54) is 18.4 Å². The van der Waals surface area contributed by atoms with Crippen LogP contribution < -0.4 is 10.1 Å². The summed E-state index contributed by atoms with van der Waals surface area (Å²) in [5.74, 6) is -0.524. The Labute approximate surface area is 150 Å². The molecule has 0 aliphatic rings. The zero-order valence-electron chi connectivity index (χ0n) is 14.2. The van der Waals surface area contributed by atoms with E-state index in [1.54, 1.807) is 24.5 Å². The molecule has 0 spiro atoms. The molecule has 1 amide bonds. The summed E-state index contributed by atoms with van der Waals surface area (Å²) >= 11 is 0. The second-order valence-electron chi connectivity index (χ2n) is 5.79. The lowest BCUT2D eigenvalue weighted by Crippen LogP contribution is -2.34. The molecule has 0 bridgehead atoms. The van der Waals surface area contributed by atoms with Crippen molar-refractivity contribution in [2.24, 2.45) is 0 Å². The zero-order valence-corrected chi connectivity index (χ0v) is 14.2. The van der Waals surface area contributed by atoms with Crippen LogP contribution in [0.1, 0.15) is 28.9 Å². The van der Waals surface area contributed by atoms with Crippen molar-refractivity contribution >= 4 is 5.91 Å². The van der Waals surface area contributed by atoms with Gasteiger partial charge in [0.2, 0.25) is 5.89 Å². The van der Waals surface area contributed by atoms with Gasteiger partial charge in [-0.25, -0.2) is 9.37 Å². The molecule has 134 valence electrons. The molecule has 1 unspecified atom stereocenters. The Balaban J connectivity index is 1.53. The van der Waals surface area contributed by atoms with E-state index in [2.05, 4.69) is 15.3 Å². The molecule has 0 saturated carbocycles. The molecule has 2 aromatic heterocycles. The van der Waals surface area contributed by atoms with Crippen LogP contribution >= 0.6 is 0 Å². The van der Waals surface area contributed by atoms with Crippen LogP contribution in [0.3, 0.4) is 0 Å². The molecule has 0 fully saturated rings. The van der Waals surface area contributed by atoms with Crippen LogP contribution in [0.15, 0.2) is 59.5 Å². The molecule has 1 aromatic carbocycles. The number of carbonyl (C=O) groups excluding carboxylic acids is 1. The maximum absolute atomic E-state index is 13.5. The maximum atomic E-state index is 13.5. The third-order valence-corrected chi connectivity index (χ3v) is 3.61. The fourth-order valence-corrected chi connectivity index (χ4v) is 2.40. The minimum atomic E-state index is -0.471. The maximum Gasteiger partial charge on any atom is 0.273 e. The number of oxazole rings is 1. The first kappa shape index (κ1) is 17.6. The summed E-state index contributed by atoms with van der Waals surface area (Å²) in [6.45, 7) is 1.83. The molecule has 7 heteroatoms. The number of hydrogen-bond acceptors (Lipinski definition) is 5. The highest BCUT2D eigenvalue weighted by molar-refractivity contribution is 5.92. The molecule has 3 rings (SSSR count).